The number of benzene rings is 1. The van der Waals surface area contributed by atoms with Gasteiger partial charge in [0.25, 0.3) is 0 Å². The van der Waals surface area contributed by atoms with Crippen LogP contribution in [0.25, 0.3) is 11.1 Å². The molecule has 6 nitrogen and oxygen atoms in total. The van der Waals surface area contributed by atoms with Gasteiger partial charge in [0.2, 0.25) is 0 Å². The highest BCUT2D eigenvalue weighted by atomic mass is 19.1. The normalized spacial score (nSPS) is 29.7. The Bertz CT molecular complexity index is 859. The molecule has 5 rings (SSSR count). The van der Waals surface area contributed by atoms with E-state index in [1.807, 2.05) is 34.1 Å². The van der Waals surface area contributed by atoms with Crippen LogP contribution in [0.1, 0.15) is 25.3 Å². The maximum atomic E-state index is 14.8. The van der Waals surface area contributed by atoms with Gasteiger partial charge in [-0.2, -0.15) is 5.10 Å². The summed E-state index contributed by atoms with van der Waals surface area (Å²) >= 11 is 0. The molecule has 1 aromatic carbocycles. The first-order valence-corrected chi connectivity index (χ1v) is 9.96. The average Bonchev–Trinajstić information content (AvgIpc) is 3.50. The van der Waals surface area contributed by atoms with Crippen molar-refractivity contribution in [2.24, 2.45) is 15.9 Å². The molecule has 28 heavy (non-hydrogen) atoms. The number of anilines is 1. The molecule has 2 saturated heterocycles. The molecule has 0 amide bonds. The second-order valence-corrected chi connectivity index (χ2v) is 7.74. The SMILES string of the molecule is FC1CC(C2C=NC=N2)CCN1c1ccc(-c2cnn([C@@H]3CCOC3)c2)cc1. The summed E-state index contributed by atoms with van der Waals surface area (Å²) in [5, 5.41) is 4.49. The van der Waals surface area contributed by atoms with Gasteiger partial charge in [-0.05, 0) is 36.5 Å². The van der Waals surface area contributed by atoms with Crippen LogP contribution in [-0.4, -0.2) is 54.4 Å². The van der Waals surface area contributed by atoms with E-state index in [1.54, 1.807) is 6.34 Å². The second kappa shape index (κ2) is 7.47. The Kier molecular flexibility index (Phi) is 4.68. The van der Waals surface area contributed by atoms with Crippen LogP contribution in [0, 0.1) is 5.92 Å². The van der Waals surface area contributed by atoms with Crippen molar-refractivity contribution in [1.82, 2.24) is 9.78 Å². The minimum atomic E-state index is -0.987. The lowest BCUT2D eigenvalue weighted by molar-refractivity contribution is 0.184. The summed E-state index contributed by atoms with van der Waals surface area (Å²) in [6, 6.07) is 8.49. The van der Waals surface area contributed by atoms with E-state index in [2.05, 4.69) is 33.4 Å². The molecule has 7 heteroatoms. The number of hydrogen-bond acceptors (Lipinski definition) is 5. The molecular formula is C21H24FN5O. The summed E-state index contributed by atoms with van der Waals surface area (Å²) in [6.07, 6.45) is 8.80. The lowest BCUT2D eigenvalue weighted by atomic mass is 9.89. The number of rotatable bonds is 4. The van der Waals surface area contributed by atoms with Crippen molar-refractivity contribution in [3.05, 3.63) is 36.7 Å². The van der Waals surface area contributed by atoms with Gasteiger partial charge in [0.05, 0.1) is 24.9 Å². The second-order valence-electron chi connectivity index (χ2n) is 7.74. The zero-order valence-corrected chi connectivity index (χ0v) is 15.7. The first-order chi connectivity index (χ1) is 13.8. The predicted octanol–water partition coefficient (Wildman–Crippen LogP) is 3.50. The highest BCUT2D eigenvalue weighted by molar-refractivity contribution is 5.82. The molecule has 0 bridgehead atoms. The monoisotopic (exact) mass is 381 g/mol. The van der Waals surface area contributed by atoms with E-state index in [9.17, 15) is 4.39 Å². The van der Waals surface area contributed by atoms with E-state index < -0.39 is 6.30 Å². The van der Waals surface area contributed by atoms with Crippen LogP contribution in [-0.2, 0) is 4.74 Å². The van der Waals surface area contributed by atoms with Gasteiger partial charge in [-0.1, -0.05) is 12.1 Å². The largest absolute Gasteiger partial charge is 0.379 e. The number of halogens is 1. The van der Waals surface area contributed by atoms with Gasteiger partial charge in [-0.25, -0.2) is 9.38 Å². The smallest absolute Gasteiger partial charge is 0.172 e. The highest BCUT2D eigenvalue weighted by Gasteiger charge is 2.33. The third-order valence-electron chi connectivity index (χ3n) is 6.02. The fourth-order valence-corrected chi connectivity index (χ4v) is 4.33. The van der Waals surface area contributed by atoms with Gasteiger partial charge in [-0.15, -0.1) is 0 Å². The topological polar surface area (TPSA) is 55.0 Å². The van der Waals surface area contributed by atoms with Crippen molar-refractivity contribution >= 4 is 18.2 Å². The number of aromatic nitrogens is 2. The van der Waals surface area contributed by atoms with E-state index >= 15 is 0 Å². The minimum Gasteiger partial charge on any atom is -0.379 e. The van der Waals surface area contributed by atoms with Crippen LogP contribution in [0.3, 0.4) is 0 Å². The average molecular weight is 381 g/mol. The van der Waals surface area contributed by atoms with Gasteiger partial charge >= 0.3 is 0 Å². The van der Waals surface area contributed by atoms with Crippen molar-refractivity contribution in [1.29, 1.82) is 0 Å². The zero-order chi connectivity index (χ0) is 18.9. The Hall–Kier alpha value is -2.54. The third-order valence-corrected chi connectivity index (χ3v) is 6.02. The highest BCUT2D eigenvalue weighted by Crippen LogP contribution is 2.33. The Labute approximate surface area is 163 Å². The molecule has 3 aliphatic heterocycles. The summed E-state index contributed by atoms with van der Waals surface area (Å²) in [6.45, 7) is 2.23. The van der Waals surface area contributed by atoms with Gasteiger partial charge in [0, 0.05) is 43.2 Å². The van der Waals surface area contributed by atoms with Crippen molar-refractivity contribution in [3.8, 4) is 11.1 Å². The van der Waals surface area contributed by atoms with E-state index in [1.165, 1.54) is 0 Å². The van der Waals surface area contributed by atoms with Gasteiger partial charge in [0.1, 0.15) is 6.34 Å². The molecule has 2 fully saturated rings. The summed E-state index contributed by atoms with van der Waals surface area (Å²) in [5.74, 6) is 0.235. The zero-order valence-electron chi connectivity index (χ0n) is 15.7. The number of aliphatic imine (C=N–C) groups is 2. The van der Waals surface area contributed by atoms with Crippen molar-refractivity contribution in [2.75, 3.05) is 24.7 Å². The number of piperidine rings is 1. The molecule has 0 saturated carbocycles. The molecule has 0 N–H and O–H groups in total. The molecule has 4 atom stereocenters. The Morgan fingerprint density at radius 3 is 2.71 bits per heavy atom. The molecular weight excluding hydrogens is 357 g/mol. The predicted molar refractivity (Wildman–Crippen MR) is 108 cm³/mol. The minimum absolute atomic E-state index is 0.0459. The lowest BCUT2D eigenvalue weighted by Crippen LogP contribution is -2.42. The first kappa shape index (κ1) is 17.6. The van der Waals surface area contributed by atoms with Crippen LogP contribution in [0.2, 0.25) is 0 Å². The molecule has 1 aromatic heterocycles. The van der Waals surface area contributed by atoms with Crippen molar-refractivity contribution < 1.29 is 9.13 Å². The van der Waals surface area contributed by atoms with E-state index in [0.29, 0.717) is 19.0 Å². The van der Waals surface area contributed by atoms with Gasteiger partial charge in [-0.3, -0.25) is 9.67 Å². The van der Waals surface area contributed by atoms with Crippen molar-refractivity contribution in [3.63, 3.8) is 0 Å². The Morgan fingerprint density at radius 1 is 1.11 bits per heavy atom. The van der Waals surface area contributed by atoms with Crippen molar-refractivity contribution in [2.45, 2.75) is 37.6 Å². The fraction of sp³-hybridized carbons (Fsp3) is 0.476. The quantitative estimate of drug-likeness (QED) is 0.762. The number of alkyl halides is 1. The molecule has 2 aromatic rings. The molecule has 4 heterocycles. The first-order valence-electron chi connectivity index (χ1n) is 9.96. The van der Waals surface area contributed by atoms with E-state index in [-0.39, 0.29) is 12.0 Å². The molecule has 146 valence electrons. The Balaban J connectivity index is 1.26. The van der Waals surface area contributed by atoms with Crippen LogP contribution < -0.4 is 4.90 Å². The summed E-state index contributed by atoms with van der Waals surface area (Å²) in [7, 11) is 0. The molecule has 0 radical (unpaired) electrons. The fourth-order valence-electron chi connectivity index (χ4n) is 4.33. The summed E-state index contributed by atoms with van der Waals surface area (Å²) in [5.41, 5.74) is 3.10. The number of hydrogen-bond donors (Lipinski definition) is 0. The molecule has 3 unspecified atom stereocenters. The van der Waals surface area contributed by atoms with Crippen LogP contribution in [0.4, 0.5) is 10.1 Å². The van der Waals surface area contributed by atoms with E-state index in [0.717, 1.165) is 42.9 Å². The molecule has 0 aliphatic carbocycles. The number of nitrogens with zero attached hydrogens (tertiary/aromatic N) is 5. The Morgan fingerprint density at radius 2 is 2.00 bits per heavy atom. The van der Waals surface area contributed by atoms with Crippen LogP contribution in [0.15, 0.2) is 46.6 Å². The molecule has 0 spiro atoms. The van der Waals surface area contributed by atoms with E-state index in [4.69, 9.17) is 4.74 Å². The van der Waals surface area contributed by atoms with Gasteiger partial charge in [0.15, 0.2) is 6.30 Å². The maximum absolute atomic E-state index is 14.8. The number of ether oxygens (including phenoxy) is 1. The standard InChI is InChI=1S/C21H24FN5O/c22-21-9-16(20-11-23-14-24-20)5-7-26(21)18-3-1-15(2-4-18)17-10-25-27(12-17)19-6-8-28-13-19/h1-4,10-12,14,16,19-21H,5-9,13H2/t16?,19-,20?,21?/m1/s1. The van der Waals surface area contributed by atoms with Crippen LogP contribution in [0.5, 0.6) is 0 Å². The summed E-state index contributed by atoms with van der Waals surface area (Å²) < 4.78 is 22.3. The van der Waals surface area contributed by atoms with Gasteiger partial charge < -0.3 is 9.64 Å². The summed E-state index contributed by atoms with van der Waals surface area (Å²) in [4.78, 5) is 10.2. The molecule has 3 aliphatic rings. The maximum Gasteiger partial charge on any atom is 0.172 e. The van der Waals surface area contributed by atoms with Crippen LogP contribution >= 0.6 is 0 Å². The lowest BCUT2D eigenvalue weighted by Gasteiger charge is -2.37. The third kappa shape index (κ3) is 3.35.